The van der Waals surface area contributed by atoms with Gasteiger partial charge in [-0.15, -0.1) is 0 Å². The molecule has 2 bridgehead atoms. The summed E-state index contributed by atoms with van der Waals surface area (Å²) >= 11 is 5.99. The van der Waals surface area contributed by atoms with E-state index in [-0.39, 0.29) is 6.03 Å². The average molecular weight is 440 g/mol. The molecule has 3 fully saturated rings. The van der Waals surface area contributed by atoms with E-state index in [1.165, 1.54) is 18.4 Å². The monoisotopic (exact) mass is 439 g/mol. The van der Waals surface area contributed by atoms with Crippen molar-refractivity contribution in [3.8, 4) is 5.75 Å². The van der Waals surface area contributed by atoms with Crippen molar-refractivity contribution in [3.05, 3.63) is 59.1 Å². The summed E-state index contributed by atoms with van der Waals surface area (Å²) in [5.74, 6) is 1.37. The molecule has 2 aromatic rings. The number of rotatable bonds is 4. The highest BCUT2D eigenvalue weighted by Gasteiger charge is 2.34. The third-order valence-corrected chi connectivity index (χ3v) is 7.21. The summed E-state index contributed by atoms with van der Waals surface area (Å²) in [6, 6.07) is 17.1. The second kappa shape index (κ2) is 9.09. The Morgan fingerprint density at radius 2 is 1.58 bits per heavy atom. The first-order valence-electron chi connectivity index (χ1n) is 11.5. The highest BCUT2D eigenvalue weighted by atomic mass is 35.5. The number of nitrogens with zero attached hydrogens (tertiary/aromatic N) is 1. The molecule has 6 heteroatoms. The van der Waals surface area contributed by atoms with Crippen molar-refractivity contribution in [1.82, 2.24) is 10.2 Å². The molecule has 2 aromatic carbocycles. The first-order valence-corrected chi connectivity index (χ1v) is 11.8. The third-order valence-electron chi connectivity index (χ3n) is 6.96. The highest BCUT2D eigenvalue weighted by molar-refractivity contribution is 6.30. The van der Waals surface area contributed by atoms with Crippen LogP contribution >= 0.6 is 11.6 Å². The lowest BCUT2D eigenvalue weighted by Gasteiger charge is -2.32. The van der Waals surface area contributed by atoms with Crippen molar-refractivity contribution in [2.75, 3.05) is 18.4 Å². The number of anilines is 1. The Labute approximate surface area is 189 Å². The van der Waals surface area contributed by atoms with Crippen LogP contribution in [0.15, 0.2) is 48.5 Å². The molecule has 0 aliphatic carbocycles. The highest BCUT2D eigenvalue weighted by Crippen LogP contribution is 2.31. The van der Waals surface area contributed by atoms with E-state index in [0.29, 0.717) is 24.1 Å². The molecule has 3 atom stereocenters. The Morgan fingerprint density at radius 3 is 2.23 bits per heavy atom. The van der Waals surface area contributed by atoms with Gasteiger partial charge in [0.1, 0.15) is 11.9 Å². The number of hydrogen-bond acceptors (Lipinski definition) is 3. The van der Waals surface area contributed by atoms with Gasteiger partial charge in [-0.25, -0.2) is 4.79 Å². The maximum absolute atomic E-state index is 12.7. The molecule has 3 aliphatic heterocycles. The van der Waals surface area contributed by atoms with Crippen LogP contribution in [-0.2, 0) is 0 Å². The number of carbonyl (C=O) groups is 1. The lowest BCUT2D eigenvalue weighted by Crippen LogP contribution is -2.42. The smallest absolute Gasteiger partial charge is 0.321 e. The van der Waals surface area contributed by atoms with E-state index in [0.717, 1.165) is 55.2 Å². The number of fused-ring (bicyclic) bond motifs is 2. The maximum Gasteiger partial charge on any atom is 0.321 e. The van der Waals surface area contributed by atoms with E-state index in [1.807, 2.05) is 41.3 Å². The molecule has 0 unspecified atom stereocenters. The minimum Gasteiger partial charge on any atom is -0.490 e. The molecule has 0 saturated carbocycles. The first kappa shape index (κ1) is 20.7. The average Bonchev–Trinajstić information content (AvgIpc) is 3.13. The fourth-order valence-corrected chi connectivity index (χ4v) is 5.39. The summed E-state index contributed by atoms with van der Waals surface area (Å²) in [7, 11) is 0. The van der Waals surface area contributed by atoms with Gasteiger partial charge in [0, 0.05) is 35.9 Å². The number of piperidine rings is 2. The fourth-order valence-electron chi connectivity index (χ4n) is 5.26. The van der Waals surface area contributed by atoms with Gasteiger partial charge in [-0.3, -0.25) is 0 Å². The summed E-state index contributed by atoms with van der Waals surface area (Å²) in [5, 5.41) is 7.44. The molecule has 0 radical (unpaired) electrons. The Kier molecular flexibility index (Phi) is 6.06. The van der Waals surface area contributed by atoms with E-state index in [2.05, 4.69) is 22.8 Å². The minimum absolute atomic E-state index is 0.0295. The first-order chi connectivity index (χ1) is 15.1. The normalized spacial score (nSPS) is 26.0. The summed E-state index contributed by atoms with van der Waals surface area (Å²) < 4.78 is 6.20. The van der Waals surface area contributed by atoms with Crippen LogP contribution in [0.3, 0.4) is 0 Å². The number of urea groups is 1. The van der Waals surface area contributed by atoms with E-state index >= 15 is 0 Å². The molecule has 2 amide bonds. The molecule has 0 spiro atoms. The van der Waals surface area contributed by atoms with Gasteiger partial charge in [0.15, 0.2) is 0 Å². The summed E-state index contributed by atoms with van der Waals surface area (Å²) in [6.07, 6.45) is 6.95. The Hall–Kier alpha value is -2.24. The van der Waals surface area contributed by atoms with Crippen LogP contribution in [-0.4, -0.2) is 42.2 Å². The molecule has 31 heavy (non-hydrogen) atoms. The molecular weight excluding hydrogens is 410 g/mol. The van der Waals surface area contributed by atoms with Crippen LogP contribution in [0.1, 0.15) is 50.0 Å². The topological polar surface area (TPSA) is 53.6 Å². The van der Waals surface area contributed by atoms with Crippen LogP contribution in [0.4, 0.5) is 10.5 Å². The predicted molar refractivity (Wildman–Crippen MR) is 124 cm³/mol. The second-order valence-corrected chi connectivity index (χ2v) is 9.55. The number of benzene rings is 2. The van der Waals surface area contributed by atoms with Gasteiger partial charge in [0.25, 0.3) is 0 Å². The van der Waals surface area contributed by atoms with E-state index in [1.54, 1.807) is 0 Å². The lowest BCUT2D eigenvalue weighted by atomic mass is 9.89. The SMILES string of the molecule is O=C(Nc1ccc(O[C@@H]2C[C@H]3CC[C@@H](C2)N3)cc1)N1CCC(c2ccc(Cl)cc2)CC1. The zero-order valence-electron chi connectivity index (χ0n) is 17.7. The Balaban J connectivity index is 1.10. The predicted octanol–water partition coefficient (Wildman–Crippen LogP) is 5.41. The number of carbonyl (C=O) groups excluding carboxylic acids is 1. The summed E-state index contributed by atoms with van der Waals surface area (Å²) in [6.45, 7) is 1.52. The Morgan fingerprint density at radius 1 is 0.935 bits per heavy atom. The van der Waals surface area contributed by atoms with Crippen molar-refractivity contribution in [1.29, 1.82) is 0 Å². The number of hydrogen-bond donors (Lipinski definition) is 2. The minimum atomic E-state index is -0.0295. The van der Waals surface area contributed by atoms with Gasteiger partial charge >= 0.3 is 6.03 Å². The molecule has 164 valence electrons. The molecule has 2 N–H and O–H groups in total. The zero-order chi connectivity index (χ0) is 21.2. The summed E-state index contributed by atoms with van der Waals surface area (Å²) in [5.41, 5.74) is 2.12. The molecule has 5 nitrogen and oxygen atoms in total. The maximum atomic E-state index is 12.7. The van der Waals surface area contributed by atoms with Crippen molar-refractivity contribution in [2.45, 2.75) is 62.6 Å². The number of likely N-dealkylation sites (tertiary alicyclic amines) is 1. The molecule has 0 aromatic heterocycles. The van der Waals surface area contributed by atoms with Gasteiger partial charge < -0.3 is 20.3 Å². The standard InChI is InChI=1S/C25H30ClN3O2/c26-19-3-1-17(2-4-19)18-11-13-29(14-12-18)25(30)28-20-7-9-23(10-8-20)31-24-15-21-5-6-22(16-24)27-21/h1-4,7-10,18,21-22,24,27H,5-6,11-16H2,(H,28,30)/t21-,22+,24-. The number of amides is 2. The molecule has 3 aliphatic rings. The molecule has 3 saturated heterocycles. The van der Waals surface area contributed by atoms with Crippen LogP contribution in [0.2, 0.25) is 5.02 Å². The number of halogens is 1. The van der Waals surface area contributed by atoms with Crippen molar-refractivity contribution in [3.63, 3.8) is 0 Å². The lowest BCUT2D eigenvalue weighted by molar-refractivity contribution is 0.137. The van der Waals surface area contributed by atoms with Gasteiger partial charge in [0.2, 0.25) is 0 Å². The van der Waals surface area contributed by atoms with Crippen LogP contribution < -0.4 is 15.4 Å². The van der Waals surface area contributed by atoms with E-state index < -0.39 is 0 Å². The number of nitrogens with one attached hydrogen (secondary N) is 2. The second-order valence-electron chi connectivity index (χ2n) is 9.12. The van der Waals surface area contributed by atoms with Crippen molar-refractivity contribution >= 4 is 23.3 Å². The van der Waals surface area contributed by atoms with Crippen molar-refractivity contribution < 1.29 is 9.53 Å². The third kappa shape index (κ3) is 4.99. The van der Waals surface area contributed by atoms with Crippen LogP contribution in [0.5, 0.6) is 5.75 Å². The van der Waals surface area contributed by atoms with Crippen LogP contribution in [0.25, 0.3) is 0 Å². The largest absolute Gasteiger partial charge is 0.490 e. The Bertz CT molecular complexity index is 882. The number of ether oxygens (including phenoxy) is 1. The zero-order valence-corrected chi connectivity index (χ0v) is 18.5. The van der Waals surface area contributed by atoms with Gasteiger partial charge in [-0.05, 0) is 86.4 Å². The van der Waals surface area contributed by atoms with E-state index in [9.17, 15) is 4.79 Å². The fraction of sp³-hybridized carbons (Fsp3) is 0.480. The molecular formula is C25H30ClN3O2. The summed E-state index contributed by atoms with van der Waals surface area (Å²) in [4.78, 5) is 14.6. The van der Waals surface area contributed by atoms with Gasteiger partial charge in [0.05, 0.1) is 0 Å². The van der Waals surface area contributed by atoms with Crippen LogP contribution in [0, 0.1) is 0 Å². The quantitative estimate of drug-likeness (QED) is 0.669. The molecule has 5 rings (SSSR count). The van der Waals surface area contributed by atoms with Crippen molar-refractivity contribution in [2.24, 2.45) is 0 Å². The van der Waals surface area contributed by atoms with Gasteiger partial charge in [-0.1, -0.05) is 23.7 Å². The van der Waals surface area contributed by atoms with Gasteiger partial charge in [-0.2, -0.15) is 0 Å². The molecule has 3 heterocycles. The van der Waals surface area contributed by atoms with E-state index in [4.69, 9.17) is 16.3 Å².